The molecular formula is C22H27Cl2N3O2. The predicted octanol–water partition coefficient (Wildman–Crippen LogP) is 5.06. The summed E-state index contributed by atoms with van der Waals surface area (Å²) in [6.45, 7) is 7.65. The Kier molecular flexibility index (Phi) is 8.19. The number of aryl methyl sites for hydroxylation is 1. The Hall–Kier alpha value is -1.79. The minimum Gasteiger partial charge on any atom is -0.379 e. The van der Waals surface area contributed by atoms with Crippen LogP contribution < -0.4 is 5.32 Å². The fraction of sp³-hybridized carbons (Fsp3) is 0.409. The number of amides is 2. The Balaban J connectivity index is 1.67. The van der Waals surface area contributed by atoms with Crippen molar-refractivity contribution in [3.8, 4) is 0 Å². The fourth-order valence-electron chi connectivity index (χ4n) is 3.34. The lowest BCUT2D eigenvalue weighted by Crippen LogP contribution is -2.40. The Morgan fingerprint density at radius 2 is 1.93 bits per heavy atom. The molecule has 2 aromatic rings. The summed E-state index contributed by atoms with van der Waals surface area (Å²) in [7, 11) is 0. The molecule has 1 heterocycles. The maximum absolute atomic E-state index is 13.1. The number of urea groups is 1. The summed E-state index contributed by atoms with van der Waals surface area (Å²) < 4.78 is 5.41. The number of ether oxygens (including phenoxy) is 1. The summed E-state index contributed by atoms with van der Waals surface area (Å²) >= 11 is 12.3. The van der Waals surface area contributed by atoms with E-state index < -0.39 is 0 Å². The van der Waals surface area contributed by atoms with Crippen LogP contribution in [0.4, 0.5) is 10.5 Å². The fourth-order valence-corrected chi connectivity index (χ4v) is 3.68. The number of carbonyl (C=O) groups is 1. The first-order valence-corrected chi connectivity index (χ1v) is 10.6. The number of carbonyl (C=O) groups excluding carboxylic acids is 1. The molecule has 1 fully saturated rings. The number of morpholine rings is 1. The molecule has 2 amide bonds. The lowest BCUT2D eigenvalue weighted by Gasteiger charge is -2.29. The average molecular weight is 436 g/mol. The van der Waals surface area contributed by atoms with Gasteiger partial charge < -0.3 is 15.0 Å². The largest absolute Gasteiger partial charge is 0.379 e. The van der Waals surface area contributed by atoms with Crippen LogP contribution in [0.15, 0.2) is 42.5 Å². The normalized spacial score (nSPS) is 14.6. The molecule has 1 aliphatic rings. The molecule has 156 valence electrons. The number of benzene rings is 2. The number of halogens is 2. The molecule has 0 saturated carbocycles. The molecule has 7 heteroatoms. The smallest absolute Gasteiger partial charge is 0.322 e. The quantitative estimate of drug-likeness (QED) is 0.660. The molecule has 3 rings (SSSR count). The van der Waals surface area contributed by atoms with Crippen LogP contribution in [0.5, 0.6) is 0 Å². The monoisotopic (exact) mass is 435 g/mol. The van der Waals surface area contributed by atoms with Gasteiger partial charge in [0.05, 0.1) is 23.9 Å². The SMILES string of the molecule is Cc1ccccc1CN(CCCN1CCOCC1)C(=O)Nc1cc(Cl)ccc1Cl. The van der Waals surface area contributed by atoms with Crippen LogP contribution in [0.1, 0.15) is 17.5 Å². The summed E-state index contributed by atoms with van der Waals surface area (Å²) in [5.74, 6) is 0. The summed E-state index contributed by atoms with van der Waals surface area (Å²) in [6, 6.07) is 13.0. The minimum atomic E-state index is -0.181. The van der Waals surface area contributed by atoms with E-state index in [1.807, 2.05) is 17.0 Å². The van der Waals surface area contributed by atoms with Crippen molar-refractivity contribution in [3.05, 3.63) is 63.6 Å². The summed E-state index contributed by atoms with van der Waals surface area (Å²) in [5, 5.41) is 3.91. The molecule has 0 aliphatic carbocycles. The van der Waals surface area contributed by atoms with Gasteiger partial charge in [0, 0.05) is 37.7 Å². The zero-order valence-corrected chi connectivity index (χ0v) is 18.2. The zero-order chi connectivity index (χ0) is 20.6. The molecule has 1 saturated heterocycles. The van der Waals surface area contributed by atoms with Gasteiger partial charge in [0.2, 0.25) is 0 Å². The first kappa shape index (κ1) is 21.9. The molecule has 1 aliphatic heterocycles. The summed E-state index contributed by atoms with van der Waals surface area (Å²) in [6.07, 6.45) is 0.891. The maximum atomic E-state index is 13.1. The van der Waals surface area contributed by atoms with Gasteiger partial charge in [0.15, 0.2) is 0 Å². The highest BCUT2D eigenvalue weighted by Crippen LogP contribution is 2.26. The Bertz CT molecular complexity index is 825. The van der Waals surface area contributed by atoms with Crippen molar-refractivity contribution in [3.63, 3.8) is 0 Å². The number of rotatable bonds is 7. The lowest BCUT2D eigenvalue weighted by molar-refractivity contribution is 0.0365. The molecule has 5 nitrogen and oxygen atoms in total. The molecular weight excluding hydrogens is 409 g/mol. The standard InChI is InChI=1S/C22H27Cl2N3O2/c1-17-5-2-3-6-18(17)16-27(10-4-9-26-11-13-29-14-12-26)22(28)25-21-15-19(23)7-8-20(21)24/h2-3,5-8,15H,4,9-14,16H2,1H3,(H,25,28). The highest BCUT2D eigenvalue weighted by molar-refractivity contribution is 6.35. The third kappa shape index (κ3) is 6.61. The van der Waals surface area contributed by atoms with Gasteiger partial charge in [-0.1, -0.05) is 47.5 Å². The molecule has 1 N–H and O–H groups in total. The molecule has 2 aromatic carbocycles. The van der Waals surface area contributed by atoms with E-state index >= 15 is 0 Å². The number of anilines is 1. The van der Waals surface area contributed by atoms with Gasteiger partial charge >= 0.3 is 6.03 Å². The summed E-state index contributed by atoms with van der Waals surface area (Å²) in [5.41, 5.74) is 2.82. The molecule has 0 aromatic heterocycles. The van der Waals surface area contributed by atoms with Crippen LogP contribution in [0.3, 0.4) is 0 Å². The predicted molar refractivity (Wildman–Crippen MR) is 119 cm³/mol. The van der Waals surface area contributed by atoms with E-state index in [9.17, 15) is 4.79 Å². The average Bonchev–Trinajstić information content (AvgIpc) is 2.72. The van der Waals surface area contributed by atoms with Crippen LogP contribution in [0.25, 0.3) is 0 Å². The van der Waals surface area contributed by atoms with Gasteiger partial charge in [-0.15, -0.1) is 0 Å². The molecule has 0 atom stereocenters. The maximum Gasteiger partial charge on any atom is 0.322 e. The molecule has 29 heavy (non-hydrogen) atoms. The van der Waals surface area contributed by atoms with E-state index in [0.29, 0.717) is 28.8 Å². The first-order valence-electron chi connectivity index (χ1n) is 9.88. The van der Waals surface area contributed by atoms with Crippen molar-refractivity contribution in [2.45, 2.75) is 19.9 Å². The van der Waals surface area contributed by atoms with Crippen molar-refractivity contribution in [2.24, 2.45) is 0 Å². The number of nitrogens with zero attached hydrogens (tertiary/aromatic N) is 2. The van der Waals surface area contributed by atoms with Crippen LogP contribution in [0.2, 0.25) is 10.0 Å². The summed E-state index contributed by atoms with van der Waals surface area (Å²) in [4.78, 5) is 17.3. The van der Waals surface area contributed by atoms with Crippen LogP contribution in [0, 0.1) is 6.92 Å². The van der Waals surface area contributed by atoms with Gasteiger partial charge in [0.25, 0.3) is 0 Å². The van der Waals surface area contributed by atoms with E-state index in [-0.39, 0.29) is 6.03 Å². The van der Waals surface area contributed by atoms with E-state index in [1.165, 1.54) is 5.56 Å². The highest BCUT2D eigenvalue weighted by atomic mass is 35.5. The van der Waals surface area contributed by atoms with Crippen molar-refractivity contribution in [1.82, 2.24) is 9.80 Å². The second kappa shape index (κ2) is 10.8. The number of nitrogens with one attached hydrogen (secondary N) is 1. The van der Waals surface area contributed by atoms with E-state index in [4.69, 9.17) is 27.9 Å². The topological polar surface area (TPSA) is 44.8 Å². The Morgan fingerprint density at radius 3 is 2.69 bits per heavy atom. The third-order valence-corrected chi connectivity index (χ3v) is 5.65. The Morgan fingerprint density at radius 1 is 1.17 bits per heavy atom. The van der Waals surface area contributed by atoms with Gasteiger partial charge in [0.1, 0.15) is 0 Å². The Labute approximate surface area is 182 Å². The first-order chi connectivity index (χ1) is 14.0. The minimum absolute atomic E-state index is 0.181. The van der Waals surface area contributed by atoms with Gasteiger partial charge in [-0.05, 0) is 42.7 Å². The zero-order valence-electron chi connectivity index (χ0n) is 16.7. The molecule has 0 spiro atoms. The second-order valence-corrected chi connectivity index (χ2v) is 8.05. The number of hydrogen-bond acceptors (Lipinski definition) is 3. The van der Waals surface area contributed by atoms with Crippen molar-refractivity contribution in [1.29, 1.82) is 0 Å². The van der Waals surface area contributed by atoms with Gasteiger partial charge in [-0.25, -0.2) is 4.79 Å². The number of hydrogen-bond donors (Lipinski definition) is 1. The van der Waals surface area contributed by atoms with Crippen molar-refractivity contribution < 1.29 is 9.53 Å². The van der Waals surface area contributed by atoms with Crippen LogP contribution in [-0.4, -0.2) is 55.2 Å². The van der Waals surface area contributed by atoms with Gasteiger partial charge in [-0.3, -0.25) is 4.90 Å². The van der Waals surface area contributed by atoms with Crippen LogP contribution in [-0.2, 0) is 11.3 Å². The van der Waals surface area contributed by atoms with E-state index in [0.717, 1.165) is 44.8 Å². The van der Waals surface area contributed by atoms with Crippen LogP contribution >= 0.6 is 23.2 Å². The van der Waals surface area contributed by atoms with Gasteiger partial charge in [-0.2, -0.15) is 0 Å². The van der Waals surface area contributed by atoms with Crippen molar-refractivity contribution >= 4 is 34.9 Å². The van der Waals surface area contributed by atoms with Crippen molar-refractivity contribution in [2.75, 3.05) is 44.7 Å². The molecule has 0 bridgehead atoms. The molecule has 0 radical (unpaired) electrons. The third-order valence-electron chi connectivity index (χ3n) is 5.09. The van der Waals surface area contributed by atoms with E-state index in [2.05, 4.69) is 29.3 Å². The second-order valence-electron chi connectivity index (χ2n) is 7.21. The highest BCUT2D eigenvalue weighted by Gasteiger charge is 2.18. The molecule has 0 unspecified atom stereocenters. The lowest BCUT2D eigenvalue weighted by atomic mass is 10.1. The van der Waals surface area contributed by atoms with E-state index in [1.54, 1.807) is 18.2 Å².